The average molecular weight is 378 g/mol. The van der Waals surface area contributed by atoms with Gasteiger partial charge >= 0.3 is 0 Å². The number of carbonyl (C=O) groups is 1. The van der Waals surface area contributed by atoms with E-state index in [4.69, 9.17) is 14.2 Å². The molecule has 0 saturated heterocycles. The molecule has 1 N–H and O–H groups in total. The van der Waals surface area contributed by atoms with E-state index in [1.54, 1.807) is 45.7 Å². The average Bonchev–Trinajstić information content (AvgIpc) is 2.75. The maximum absolute atomic E-state index is 13.3. The van der Waals surface area contributed by atoms with Gasteiger partial charge in [-0.15, -0.1) is 0 Å². The second-order valence-corrected chi connectivity index (χ2v) is 6.02. The number of hydrogen-bond donors (Lipinski definition) is 1. The fraction of sp³-hybridized carbons (Fsp3) is 0.182. The zero-order valence-electron chi connectivity index (χ0n) is 16.0. The van der Waals surface area contributed by atoms with E-state index in [1.807, 2.05) is 42.5 Å². The minimum atomic E-state index is -0.594. The Balaban J connectivity index is 1.97. The molecule has 6 nitrogen and oxygen atoms in total. The first kappa shape index (κ1) is 19.2. The zero-order valence-corrected chi connectivity index (χ0v) is 16.0. The highest BCUT2D eigenvalue weighted by atomic mass is 16.5. The van der Waals surface area contributed by atoms with E-state index in [-0.39, 0.29) is 5.91 Å². The van der Waals surface area contributed by atoms with Gasteiger partial charge in [0.05, 0.1) is 32.7 Å². The molecule has 1 unspecified atom stereocenters. The number of rotatable bonds is 7. The second kappa shape index (κ2) is 8.90. The summed E-state index contributed by atoms with van der Waals surface area (Å²) in [5.41, 5.74) is 1.98. The molecule has 2 aromatic carbocycles. The summed E-state index contributed by atoms with van der Waals surface area (Å²) in [6.45, 7) is 0. The molecular formula is C22H22N2O4. The molecule has 0 aliphatic heterocycles. The number of hydrogen-bond acceptors (Lipinski definition) is 5. The van der Waals surface area contributed by atoms with Crippen LogP contribution in [-0.2, 0) is 4.79 Å². The standard InChI is InChI=1S/C22H22N2O4/c1-26-16-9-7-15(8-10-16)21(18-6-4-5-13-23-18)22(25)24-19-14-17(27-2)11-12-20(19)28-3/h4-14,21H,1-3H3,(H,24,25). The third-order valence-corrected chi connectivity index (χ3v) is 4.36. The molecule has 0 aliphatic rings. The SMILES string of the molecule is COc1ccc(C(C(=O)Nc2cc(OC)ccc2OC)c2ccccn2)cc1. The normalized spacial score (nSPS) is 11.4. The Bertz CT molecular complexity index is 927. The fourth-order valence-electron chi connectivity index (χ4n) is 2.92. The van der Waals surface area contributed by atoms with Crippen molar-refractivity contribution in [1.29, 1.82) is 0 Å². The molecule has 0 saturated carbocycles. The van der Waals surface area contributed by atoms with Crippen LogP contribution in [0.4, 0.5) is 5.69 Å². The minimum Gasteiger partial charge on any atom is -0.497 e. The minimum absolute atomic E-state index is 0.226. The number of benzene rings is 2. The van der Waals surface area contributed by atoms with Gasteiger partial charge in [-0.2, -0.15) is 0 Å². The summed E-state index contributed by atoms with van der Waals surface area (Å²) in [7, 11) is 4.73. The Hall–Kier alpha value is -3.54. The Kier molecular flexibility index (Phi) is 6.11. The van der Waals surface area contributed by atoms with Gasteiger partial charge in [-0.3, -0.25) is 9.78 Å². The molecule has 6 heteroatoms. The predicted molar refractivity (Wildman–Crippen MR) is 107 cm³/mol. The van der Waals surface area contributed by atoms with Gasteiger partial charge in [-0.25, -0.2) is 0 Å². The first-order valence-corrected chi connectivity index (χ1v) is 8.74. The quantitative estimate of drug-likeness (QED) is 0.676. The largest absolute Gasteiger partial charge is 0.497 e. The maximum atomic E-state index is 13.3. The molecule has 3 aromatic rings. The van der Waals surface area contributed by atoms with Crippen LogP contribution in [0, 0.1) is 0 Å². The first-order valence-electron chi connectivity index (χ1n) is 8.74. The van der Waals surface area contributed by atoms with E-state index < -0.39 is 5.92 Å². The van der Waals surface area contributed by atoms with Crippen molar-refractivity contribution >= 4 is 11.6 Å². The molecule has 0 fully saturated rings. The highest BCUT2D eigenvalue weighted by Crippen LogP contribution is 2.32. The van der Waals surface area contributed by atoms with Crippen LogP contribution in [-0.4, -0.2) is 32.2 Å². The third kappa shape index (κ3) is 4.23. The number of nitrogens with zero attached hydrogens (tertiary/aromatic N) is 1. The number of nitrogens with one attached hydrogen (secondary N) is 1. The van der Waals surface area contributed by atoms with Gasteiger partial charge in [0.1, 0.15) is 23.2 Å². The van der Waals surface area contributed by atoms with E-state index in [2.05, 4.69) is 10.3 Å². The molecule has 0 spiro atoms. The van der Waals surface area contributed by atoms with Crippen LogP contribution in [0.25, 0.3) is 0 Å². The summed E-state index contributed by atoms with van der Waals surface area (Å²) in [6, 6.07) is 18.1. The summed E-state index contributed by atoms with van der Waals surface area (Å²) in [5.74, 6) is 1.07. The van der Waals surface area contributed by atoms with Crippen molar-refractivity contribution in [2.45, 2.75) is 5.92 Å². The lowest BCUT2D eigenvalue weighted by molar-refractivity contribution is -0.116. The molecular weight excluding hydrogens is 356 g/mol. The smallest absolute Gasteiger partial charge is 0.238 e. The van der Waals surface area contributed by atoms with E-state index in [0.29, 0.717) is 22.9 Å². The summed E-state index contributed by atoms with van der Waals surface area (Å²) in [5, 5.41) is 2.95. The van der Waals surface area contributed by atoms with E-state index in [9.17, 15) is 4.79 Å². The van der Waals surface area contributed by atoms with Crippen molar-refractivity contribution in [3.63, 3.8) is 0 Å². The molecule has 1 heterocycles. The predicted octanol–water partition coefficient (Wildman–Crippen LogP) is 3.88. The van der Waals surface area contributed by atoms with Crippen LogP contribution in [0.3, 0.4) is 0 Å². The van der Waals surface area contributed by atoms with Crippen molar-refractivity contribution < 1.29 is 19.0 Å². The van der Waals surface area contributed by atoms with Gasteiger partial charge < -0.3 is 19.5 Å². The van der Waals surface area contributed by atoms with Crippen molar-refractivity contribution in [2.24, 2.45) is 0 Å². The van der Waals surface area contributed by atoms with Crippen molar-refractivity contribution in [1.82, 2.24) is 4.98 Å². The highest BCUT2D eigenvalue weighted by Gasteiger charge is 2.25. The number of anilines is 1. The molecule has 1 atom stereocenters. The van der Waals surface area contributed by atoms with Gasteiger partial charge in [0.25, 0.3) is 0 Å². The zero-order chi connectivity index (χ0) is 19.9. The van der Waals surface area contributed by atoms with Crippen LogP contribution in [0.2, 0.25) is 0 Å². The van der Waals surface area contributed by atoms with Crippen molar-refractivity contribution in [2.75, 3.05) is 26.6 Å². The highest BCUT2D eigenvalue weighted by molar-refractivity contribution is 5.99. The van der Waals surface area contributed by atoms with Gasteiger partial charge in [0.2, 0.25) is 5.91 Å². The number of aromatic nitrogens is 1. The monoisotopic (exact) mass is 378 g/mol. The van der Waals surface area contributed by atoms with E-state index in [1.165, 1.54) is 0 Å². The molecule has 1 aromatic heterocycles. The summed E-state index contributed by atoms with van der Waals surface area (Å²) < 4.78 is 15.8. The van der Waals surface area contributed by atoms with Gasteiger partial charge in [-0.1, -0.05) is 18.2 Å². The fourth-order valence-corrected chi connectivity index (χ4v) is 2.92. The number of pyridine rings is 1. The number of carbonyl (C=O) groups excluding carboxylic acids is 1. The molecule has 0 radical (unpaired) electrons. The lowest BCUT2D eigenvalue weighted by Gasteiger charge is -2.19. The number of ether oxygens (including phenoxy) is 3. The number of methoxy groups -OCH3 is 3. The Labute approximate surface area is 164 Å². The molecule has 28 heavy (non-hydrogen) atoms. The lowest BCUT2D eigenvalue weighted by atomic mass is 9.94. The van der Waals surface area contributed by atoms with E-state index in [0.717, 1.165) is 11.3 Å². The maximum Gasteiger partial charge on any atom is 0.238 e. The molecule has 3 rings (SSSR count). The second-order valence-electron chi connectivity index (χ2n) is 6.02. The van der Waals surface area contributed by atoms with Crippen LogP contribution >= 0.6 is 0 Å². The molecule has 1 amide bonds. The van der Waals surface area contributed by atoms with Crippen molar-refractivity contribution in [3.05, 3.63) is 78.1 Å². The Morgan fingerprint density at radius 1 is 0.893 bits per heavy atom. The molecule has 0 aliphatic carbocycles. The van der Waals surface area contributed by atoms with Gasteiger partial charge in [-0.05, 0) is 42.0 Å². The molecule has 0 bridgehead atoms. The third-order valence-electron chi connectivity index (χ3n) is 4.36. The topological polar surface area (TPSA) is 69.7 Å². The Morgan fingerprint density at radius 2 is 1.61 bits per heavy atom. The summed E-state index contributed by atoms with van der Waals surface area (Å²) in [4.78, 5) is 17.6. The van der Waals surface area contributed by atoms with E-state index >= 15 is 0 Å². The van der Waals surface area contributed by atoms with Crippen LogP contribution in [0.1, 0.15) is 17.2 Å². The van der Waals surface area contributed by atoms with Gasteiger partial charge in [0, 0.05) is 12.3 Å². The number of amides is 1. The van der Waals surface area contributed by atoms with Gasteiger partial charge in [0.15, 0.2) is 0 Å². The lowest BCUT2D eigenvalue weighted by Crippen LogP contribution is -2.23. The summed E-state index contributed by atoms with van der Waals surface area (Å²) >= 11 is 0. The first-order chi connectivity index (χ1) is 13.7. The Morgan fingerprint density at radius 3 is 2.21 bits per heavy atom. The van der Waals surface area contributed by atoms with Crippen LogP contribution < -0.4 is 19.5 Å². The van der Waals surface area contributed by atoms with Crippen LogP contribution in [0.5, 0.6) is 17.2 Å². The molecule has 144 valence electrons. The summed E-state index contributed by atoms with van der Waals surface area (Å²) in [6.07, 6.45) is 1.67. The van der Waals surface area contributed by atoms with Crippen molar-refractivity contribution in [3.8, 4) is 17.2 Å². The van der Waals surface area contributed by atoms with Crippen LogP contribution in [0.15, 0.2) is 66.9 Å².